The fraction of sp³-hybridized carbons (Fsp3) is 0.136. The number of pyridine rings is 1. The van der Waals surface area contributed by atoms with Crippen LogP contribution in [0.5, 0.6) is 11.5 Å². The number of benzene rings is 2. The molecule has 0 amide bonds. The number of methoxy groups -OCH3 is 2. The van der Waals surface area contributed by atoms with Crippen molar-refractivity contribution in [1.29, 1.82) is 10.5 Å². The normalized spacial score (nSPS) is 10.1. The van der Waals surface area contributed by atoms with Crippen LogP contribution in [0.4, 0.5) is 5.82 Å². The molecule has 2 aromatic carbocycles. The number of nitrogen functional groups attached to an aromatic ring is 1. The molecule has 2 N–H and O–H groups in total. The van der Waals surface area contributed by atoms with Crippen LogP contribution in [0.15, 0.2) is 53.6 Å². The Morgan fingerprint density at radius 3 is 2.34 bits per heavy atom. The Balaban J connectivity index is 2.20. The predicted octanol–water partition coefficient (Wildman–Crippen LogP) is 4.38. The summed E-state index contributed by atoms with van der Waals surface area (Å²) >= 11 is 1.40. The second kappa shape index (κ2) is 9.01. The number of rotatable bonds is 6. The van der Waals surface area contributed by atoms with Crippen LogP contribution >= 0.6 is 11.8 Å². The molecule has 144 valence electrons. The molecule has 0 bridgehead atoms. The summed E-state index contributed by atoms with van der Waals surface area (Å²) in [5.74, 6) is 1.76. The summed E-state index contributed by atoms with van der Waals surface area (Å²) in [5.41, 5.74) is 8.55. The maximum absolute atomic E-state index is 9.93. The highest BCUT2D eigenvalue weighted by atomic mass is 32.2. The molecule has 7 heteroatoms. The average molecular weight is 402 g/mol. The van der Waals surface area contributed by atoms with E-state index in [1.54, 1.807) is 25.3 Å². The minimum Gasteiger partial charge on any atom is -0.497 e. The smallest absolute Gasteiger partial charge is 0.143 e. The molecular formula is C22H18N4O2S. The lowest BCUT2D eigenvalue weighted by Gasteiger charge is -2.16. The zero-order chi connectivity index (χ0) is 20.8. The van der Waals surface area contributed by atoms with Crippen LogP contribution in [-0.2, 0) is 5.75 Å². The molecule has 0 aliphatic heterocycles. The van der Waals surface area contributed by atoms with E-state index in [-0.39, 0.29) is 16.9 Å². The van der Waals surface area contributed by atoms with Crippen LogP contribution in [0.25, 0.3) is 11.1 Å². The largest absolute Gasteiger partial charge is 0.497 e. The van der Waals surface area contributed by atoms with E-state index in [2.05, 4.69) is 17.1 Å². The van der Waals surface area contributed by atoms with Gasteiger partial charge in [-0.25, -0.2) is 4.98 Å². The molecule has 0 fully saturated rings. The number of aromatic nitrogens is 1. The van der Waals surface area contributed by atoms with Crippen molar-refractivity contribution in [2.75, 3.05) is 20.0 Å². The number of ether oxygens (including phenoxy) is 2. The SMILES string of the molecule is COc1ccc(OC)c(-c2c(C#N)c(N)nc(SCc3ccccc3)c2C#N)c1. The van der Waals surface area contributed by atoms with Gasteiger partial charge in [0.2, 0.25) is 0 Å². The Labute approximate surface area is 173 Å². The number of thioether (sulfide) groups is 1. The van der Waals surface area contributed by atoms with Crippen molar-refractivity contribution in [2.24, 2.45) is 0 Å². The minimum atomic E-state index is 0.0712. The Kier molecular flexibility index (Phi) is 6.23. The topological polar surface area (TPSA) is 105 Å². The predicted molar refractivity (Wildman–Crippen MR) is 113 cm³/mol. The second-order valence-electron chi connectivity index (χ2n) is 5.99. The molecule has 6 nitrogen and oxygen atoms in total. The number of nitriles is 2. The van der Waals surface area contributed by atoms with E-state index < -0.39 is 0 Å². The first-order valence-electron chi connectivity index (χ1n) is 8.65. The first-order valence-corrected chi connectivity index (χ1v) is 9.64. The van der Waals surface area contributed by atoms with E-state index in [1.165, 1.54) is 18.9 Å². The molecule has 0 atom stereocenters. The van der Waals surface area contributed by atoms with Crippen LogP contribution in [0.2, 0.25) is 0 Å². The van der Waals surface area contributed by atoms with Crippen molar-refractivity contribution >= 4 is 17.6 Å². The molecule has 1 aromatic heterocycles. The van der Waals surface area contributed by atoms with Gasteiger partial charge in [-0.3, -0.25) is 0 Å². The third kappa shape index (κ3) is 4.11. The molecule has 0 saturated carbocycles. The molecule has 3 rings (SSSR count). The Morgan fingerprint density at radius 2 is 1.72 bits per heavy atom. The number of nitrogens with two attached hydrogens (primary N) is 1. The summed E-state index contributed by atoms with van der Waals surface area (Å²) in [5, 5.41) is 20.1. The van der Waals surface area contributed by atoms with Crippen LogP contribution in [0, 0.1) is 22.7 Å². The van der Waals surface area contributed by atoms with Gasteiger partial charge in [0.1, 0.15) is 40.0 Å². The lowest BCUT2D eigenvalue weighted by molar-refractivity contribution is 0.404. The van der Waals surface area contributed by atoms with E-state index in [4.69, 9.17) is 15.2 Å². The van der Waals surface area contributed by atoms with Gasteiger partial charge < -0.3 is 15.2 Å². The van der Waals surface area contributed by atoms with E-state index in [1.807, 2.05) is 30.3 Å². The van der Waals surface area contributed by atoms with E-state index in [0.29, 0.717) is 33.4 Å². The van der Waals surface area contributed by atoms with Gasteiger partial charge in [-0.15, -0.1) is 11.8 Å². The fourth-order valence-corrected chi connectivity index (χ4v) is 3.86. The Bertz CT molecular complexity index is 1120. The highest BCUT2D eigenvalue weighted by molar-refractivity contribution is 7.98. The molecule has 0 aliphatic carbocycles. The number of nitrogens with zero attached hydrogens (tertiary/aromatic N) is 3. The average Bonchev–Trinajstić information content (AvgIpc) is 2.77. The molecule has 1 heterocycles. The standard InChI is InChI=1S/C22H18N4O2S/c1-27-15-8-9-19(28-2)16(10-15)20-17(11-23)21(25)26-22(18(20)12-24)29-13-14-6-4-3-5-7-14/h3-10H,13H2,1-2H3,(H2,25,26). The van der Waals surface area contributed by atoms with Crippen molar-refractivity contribution in [3.63, 3.8) is 0 Å². The maximum atomic E-state index is 9.93. The lowest BCUT2D eigenvalue weighted by atomic mass is 9.96. The van der Waals surface area contributed by atoms with Crippen molar-refractivity contribution in [2.45, 2.75) is 10.8 Å². The molecule has 0 radical (unpaired) electrons. The third-order valence-electron chi connectivity index (χ3n) is 4.31. The van der Waals surface area contributed by atoms with Crippen LogP contribution < -0.4 is 15.2 Å². The van der Waals surface area contributed by atoms with E-state index in [0.717, 1.165) is 5.56 Å². The quantitative estimate of drug-likeness (QED) is 0.610. The Hall–Kier alpha value is -3.68. The molecule has 0 spiro atoms. The van der Waals surface area contributed by atoms with Gasteiger partial charge >= 0.3 is 0 Å². The maximum Gasteiger partial charge on any atom is 0.143 e. The monoisotopic (exact) mass is 402 g/mol. The minimum absolute atomic E-state index is 0.0712. The van der Waals surface area contributed by atoms with Crippen LogP contribution in [-0.4, -0.2) is 19.2 Å². The summed E-state index contributed by atoms with van der Waals surface area (Å²) in [7, 11) is 3.07. The van der Waals surface area contributed by atoms with Crippen LogP contribution in [0.1, 0.15) is 16.7 Å². The number of hydrogen-bond donors (Lipinski definition) is 1. The zero-order valence-corrected chi connectivity index (χ0v) is 16.8. The second-order valence-corrected chi connectivity index (χ2v) is 6.96. The van der Waals surface area contributed by atoms with E-state index in [9.17, 15) is 10.5 Å². The first-order chi connectivity index (χ1) is 14.1. The van der Waals surface area contributed by atoms with Gasteiger partial charge in [-0.05, 0) is 23.8 Å². The summed E-state index contributed by atoms with van der Waals surface area (Å²) in [6.45, 7) is 0. The van der Waals surface area contributed by atoms with Crippen molar-refractivity contribution < 1.29 is 9.47 Å². The molecule has 3 aromatic rings. The molecular weight excluding hydrogens is 384 g/mol. The molecule has 0 saturated heterocycles. The van der Waals surface area contributed by atoms with Gasteiger partial charge in [0, 0.05) is 16.9 Å². The highest BCUT2D eigenvalue weighted by Gasteiger charge is 2.23. The molecule has 0 aliphatic rings. The van der Waals surface area contributed by atoms with E-state index >= 15 is 0 Å². The third-order valence-corrected chi connectivity index (χ3v) is 5.36. The fourth-order valence-electron chi connectivity index (χ4n) is 2.91. The van der Waals surface area contributed by atoms with Crippen molar-refractivity contribution in [3.05, 3.63) is 65.2 Å². The summed E-state index contributed by atoms with van der Waals surface area (Å²) in [6.07, 6.45) is 0. The first kappa shape index (κ1) is 20.1. The van der Waals surface area contributed by atoms with Gasteiger partial charge in [-0.2, -0.15) is 10.5 Å². The number of anilines is 1. The molecule has 29 heavy (non-hydrogen) atoms. The zero-order valence-electron chi connectivity index (χ0n) is 16.0. The lowest BCUT2D eigenvalue weighted by Crippen LogP contribution is -2.04. The summed E-state index contributed by atoms with van der Waals surface area (Å²) in [4.78, 5) is 4.34. The molecule has 0 unspecified atom stereocenters. The highest BCUT2D eigenvalue weighted by Crippen LogP contribution is 2.41. The summed E-state index contributed by atoms with van der Waals surface area (Å²) < 4.78 is 10.8. The van der Waals surface area contributed by atoms with Crippen molar-refractivity contribution in [3.8, 4) is 34.8 Å². The van der Waals surface area contributed by atoms with Gasteiger partial charge in [-0.1, -0.05) is 30.3 Å². The number of hydrogen-bond acceptors (Lipinski definition) is 7. The van der Waals surface area contributed by atoms with Gasteiger partial charge in [0.05, 0.1) is 19.8 Å². The van der Waals surface area contributed by atoms with Gasteiger partial charge in [0.15, 0.2) is 0 Å². The summed E-state index contributed by atoms with van der Waals surface area (Å²) in [6, 6.07) is 19.3. The van der Waals surface area contributed by atoms with Crippen molar-refractivity contribution in [1.82, 2.24) is 4.98 Å². The Morgan fingerprint density at radius 1 is 1.00 bits per heavy atom. The van der Waals surface area contributed by atoms with Gasteiger partial charge in [0.25, 0.3) is 0 Å². The van der Waals surface area contributed by atoms with Crippen LogP contribution in [0.3, 0.4) is 0 Å².